The molecule has 0 saturated carbocycles. The molecule has 1 heterocycles. The van der Waals surface area contributed by atoms with Crippen LogP contribution in [0.15, 0.2) is 40.0 Å². The molecule has 0 atom stereocenters. The maximum atomic E-state index is 12.9. The third-order valence-corrected chi connectivity index (χ3v) is 2.81. The number of aryl methyl sites for hydroxylation is 1. The summed E-state index contributed by atoms with van der Waals surface area (Å²) in [6.45, 7) is 0. The average Bonchev–Trinajstić information content (AvgIpc) is 2.68. The van der Waals surface area contributed by atoms with Crippen molar-refractivity contribution in [1.82, 2.24) is 15.2 Å². The molecule has 1 aromatic carbocycles. The third-order valence-electron chi connectivity index (χ3n) is 2.23. The van der Waals surface area contributed by atoms with Crippen molar-refractivity contribution < 1.29 is 9.18 Å². The highest BCUT2D eigenvalue weighted by Crippen LogP contribution is 2.13. The van der Waals surface area contributed by atoms with Gasteiger partial charge in [-0.3, -0.25) is 9.48 Å². The zero-order valence-corrected chi connectivity index (χ0v) is 11.6. The maximum absolute atomic E-state index is 12.9. The Labute approximate surface area is 117 Å². The van der Waals surface area contributed by atoms with E-state index in [0.717, 1.165) is 0 Å². The molecule has 0 aliphatic heterocycles. The number of hydrogen-bond acceptors (Lipinski definition) is 3. The van der Waals surface area contributed by atoms with Crippen LogP contribution in [0.2, 0.25) is 0 Å². The van der Waals surface area contributed by atoms with Crippen molar-refractivity contribution in [1.29, 1.82) is 0 Å². The van der Waals surface area contributed by atoms with E-state index in [1.54, 1.807) is 25.4 Å². The molecule has 0 aliphatic rings. The summed E-state index contributed by atoms with van der Waals surface area (Å²) in [4.78, 5) is 11.7. The third kappa shape index (κ3) is 3.47. The number of halogens is 2. The molecule has 1 N–H and O–H groups in total. The number of nitrogens with one attached hydrogen (secondary N) is 1. The number of hydrazone groups is 1. The Kier molecular flexibility index (Phi) is 4.06. The van der Waals surface area contributed by atoms with Gasteiger partial charge in [-0.25, -0.2) is 9.82 Å². The van der Waals surface area contributed by atoms with Gasteiger partial charge in [0, 0.05) is 13.2 Å². The van der Waals surface area contributed by atoms with E-state index >= 15 is 0 Å². The van der Waals surface area contributed by atoms with Crippen LogP contribution in [-0.4, -0.2) is 21.9 Å². The minimum atomic E-state index is -0.444. The second-order valence-corrected chi connectivity index (χ2v) is 4.61. The summed E-state index contributed by atoms with van der Waals surface area (Å²) in [6, 6.07) is 5.89. The van der Waals surface area contributed by atoms with Gasteiger partial charge in [-0.05, 0) is 33.6 Å². The van der Waals surface area contributed by atoms with Crippen molar-refractivity contribution in [3.8, 4) is 0 Å². The standard InChI is InChI=1S/C12H10BrFN4O/c1-18-7-10(13)11(17-18)12(19)16-15-6-8-3-2-4-9(14)5-8/h2-7H,1H3,(H,16,19)/b15-6+. The Morgan fingerprint density at radius 1 is 1.58 bits per heavy atom. The zero-order valence-electron chi connectivity index (χ0n) is 9.97. The molecule has 0 unspecified atom stereocenters. The maximum Gasteiger partial charge on any atom is 0.293 e. The number of benzene rings is 1. The molecular formula is C12H10BrFN4O. The van der Waals surface area contributed by atoms with Crippen LogP contribution in [-0.2, 0) is 7.05 Å². The zero-order chi connectivity index (χ0) is 13.8. The molecule has 19 heavy (non-hydrogen) atoms. The van der Waals surface area contributed by atoms with Gasteiger partial charge in [-0.1, -0.05) is 12.1 Å². The van der Waals surface area contributed by atoms with Gasteiger partial charge in [-0.15, -0.1) is 0 Å². The van der Waals surface area contributed by atoms with E-state index in [-0.39, 0.29) is 11.5 Å². The van der Waals surface area contributed by atoms with Gasteiger partial charge >= 0.3 is 0 Å². The van der Waals surface area contributed by atoms with Crippen molar-refractivity contribution in [2.75, 3.05) is 0 Å². The molecule has 0 radical (unpaired) electrons. The van der Waals surface area contributed by atoms with Crippen LogP contribution in [0.1, 0.15) is 16.1 Å². The average molecular weight is 325 g/mol. The number of amides is 1. The lowest BCUT2D eigenvalue weighted by Crippen LogP contribution is -2.18. The summed E-state index contributed by atoms with van der Waals surface area (Å²) in [5, 5.41) is 7.72. The lowest BCUT2D eigenvalue weighted by atomic mass is 10.2. The van der Waals surface area contributed by atoms with E-state index < -0.39 is 5.91 Å². The van der Waals surface area contributed by atoms with Crippen LogP contribution >= 0.6 is 15.9 Å². The molecule has 1 aromatic heterocycles. The Hall–Kier alpha value is -2.02. The first kappa shape index (κ1) is 13.4. The SMILES string of the molecule is Cn1cc(Br)c(C(=O)N/N=C/c2cccc(F)c2)n1. The van der Waals surface area contributed by atoms with E-state index in [9.17, 15) is 9.18 Å². The van der Waals surface area contributed by atoms with E-state index in [2.05, 4.69) is 31.6 Å². The number of carbonyl (C=O) groups excluding carboxylic acids is 1. The van der Waals surface area contributed by atoms with Crippen LogP contribution in [0, 0.1) is 5.82 Å². The van der Waals surface area contributed by atoms with Crippen LogP contribution in [0.3, 0.4) is 0 Å². The molecule has 0 aliphatic carbocycles. The summed E-state index contributed by atoms with van der Waals surface area (Å²) in [5.41, 5.74) is 3.11. The number of carbonyl (C=O) groups is 1. The number of hydrogen-bond donors (Lipinski definition) is 1. The molecule has 0 spiro atoms. The van der Waals surface area contributed by atoms with Crippen molar-refractivity contribution in [3.05, 3.63) is 52.0 Å². The van der Waals surface area contributed by atoms with Crippen LogP contribution in [0.5, 0.6) is 0 Å². The monoisotopic (exact) mass is 324 g/mol. The fraction of sp³-hybridized carbons (Fsp3) is 0.0833. The van der Waals surface area contributed by atoms with Crippen molar-refractivity contribution in [3.63, 3.8) is 0 Å². The fourth-order valence-electron chi connectivity index (χ4n) is 1.42. The van der Waals surface area contributed by atoms with Gasteiger partial charge in [0.05, 0.1) is 10.7 Å². The summed E-state index contributed by atoms with van der Waals surface area (Å²) < 4.78 is 15.0. The molecule has 0 fully saturated rings. The molecule has 2 rings (SSSR count). The highest BCUT2D eigenvalue weighted by atomic mass is 79.9. The molecule has 0 saturated heterocycles. The second kappa shape index (κ2) is 5.75. The highest BCUT2D eigenvalue weighted by molar-refractivity contribution is 9.10. The lowest BCUT2D eigenvalue weighted by molar-refractivity contribution is 0.0948. The predicted octanol–water partition coefficient (Wildman–Crippen LogP) is 2.09. The molecule has 7 heteroatoms. The van der Waals surface area contributed by atoms with E-state index in [1.807, 2.05) is 0 Å². The molecule has 0 bridgehead atoms. The highest BCUT2D eigenvalue weighted by Gasteiger charge is 2.13. The first-order valence-electron chi connectivity index (χ1n) is 5.34. The van der Waals surface area contributed by atoms with Gasteiger partial charge in [0.15, 0.2) is 5.69 Å². The molecule has 2 aromatic rings. The van der Waals surface area contributed by atoms with Gasteiger partial charge in [0.25, 0.3) is 5.91 Å². The topological polar surface area (TPSA) is 59.3 Å². The molecule has 1 amide bonds. The summed E-state index contributed by atoms with van der Waals surface area (Å²) in [6.07, 6.45) is 3.02. The minimum absolute atomic E-state index is 0.235. The molecular weight excluding hydrogens is 315 g/mol. The number of rotatable bonds is 3. The summed E-state index contributed by atoms with van der Waals surface area (Å²) in [5.74, 6) is -0.803. The van der Waals surface area contributed by atoms with Crippen molar-refractivity contribution in [2.24, 2.45) is 12.1 Å². The first-order chi connectivity index (χ1) is 9.06. The normalized spacial score (nSPS) is 10.9. The summed E-state index contributed by atoms with van der Waals surface area (Å²) >= 11 is 3.22. The fourth-order valence-corrected chi connectivity index (χ4v) is 1.97. The van der Waals surface area contributed by atoms with Crippen LogP contribution in [0.25, 0.3) is 0 Å². The first-order valence-corrected chi connectivity index (χ1v) is 6.13. The van der Waals surface area contributed by atoms with Crippen LogP contribution in [0.4, 0.5) is 4.39 Å². The molecule has 5 nitrogen and oxygen atoms in total. The second-order valence-electron chi connectivity index (χ2n) is 3.75. The Morgan fingerprint density at radius 2 is 2.37 bits per heavy atom. The van der Waals surface area contributed by atoms with Gasteiger partial charge < -0.3 is 0 Å². The Bertz CT molecular complexity index is 638. The quantitative estimate of drug-likeness (QED) is 0.694. The van der Waals surface area contributed by atoms with Gasteiger partial charge in [0.1, 0.15) is 5.82 Å². The van der Waals surface area contributed by atoms with Crippen molar-refractivity contribution in [2.45, 2.75) is 0 Å². The Balaban J connectivity index is 2.03. The number of aromatic nitrogens is 2. The van der Waals surface area contributed by atoms with Gasteiger partial charge in [-0.2, -0.15) is 10.2 Å². The van der Waals surface area contributed by atoms with E-state index in [1.165, 1.54) is 23.0 Å². The molecule has 98 valence electrons. The summed E-state index contributed by atoms with van der Waals surface area (Å²) in [7, 11) is 1.71. The predicted molar refractivity (Wildman–Crippen MR) is 72.4 cm³/mol. The lowest BCUT2D eigenvalue weighted by Gasteiger charge is -1.96. The smallest absolute Gasteiger partial charge is 0.274 e. The van der Waals surface area contributed by atoms with Crippen molar-refractivity contribution >= 4 is 28.1 Å². The Morgan fingerprint density at radius 3 is 3.00 bits per heavy atom. The largest absolute Gasteiger partial charge is 0.293 e. The number of nitrogens with zero attached hydrogens (tertiary/aromatic N) is 3. The minimum Gasteiger partial charge on any atom is -0.274 e. The van der Waals surface area contributed by atoms with Gasteiger partial charge in [0.2, 0.25) is 0 Å². The van der Waals surface area contributed by atoms with Crippen LogP contribution < -0.4 is 5.43 Å². The van der Waals surface area contributed by atoms with E-state index in [0.29, 0.717) is 10.0 Å². The van der Waals surface area contributed by atoms with E-state index in [4.69, 9.17) is 0 Å².